The van der Waals surface area contributed by atoms with E-state index in [1.807, 2.05) is 0 Å². The van der Waals surface area contributed by atoms with Crippen molar-refractivity contribution in [2.24, 2.45) is 0 Å². The van der Waals surface area contributed by atoms with Crippen LogP contribution in [0.25, 0.3) is 43.2 Å². The molecule has 0 unspecified atom stereocenters. The maximum absolute atomic E-state index is 5.05. The smallest absolute Gasteiger partial charge is 0.0718 e. The van der Waals surface area contributed by atoms with Crippen molar-refractivity contribution in [2.75, 3.05) is 0 Å². The van der Waals surface area contributed by atoms with Gasteiger partial charge in [-0.25, -0.2) is 0 Å². The van der Waals surface area contributed by atoms with Crippen molar-refractivity contribution in [2.45, 2.75) is 26.7 Å². The van der Waals surface area contributed by atoms with Gasteiger partial charge in [-0.05, 0) is 58.1 Å². The summed E-state index contributed by atoms with van der Waals surface area (Å²) in [6.45, 7) is 4.44. The molecule has 0 saturated carbocycles. The zero-order valence-electron chi connectivity index (χ0n) is 15.2. The Hall–Kier alpha value is -2.93. The van der Waals surface area contributed by atoms with Crippen molar-refractivity contribution in [3.63, 3.8) is 0 Å². The van der Waals surface area contributed by atoms with Crippen molar-refractivity contribution in [1.82, 2.24) is 4.98 Å². The van der Waals surface area contributed by atoms with Crippen LogP contribution in [0.3, 0.4) is 0 Å². The monoisotopic (exact) mass is 335 g/mol. The minimum atomic E-state index is 0.945. The van der Waals surface area contributed by atoms with Crippen LogP contribution in [0.4, 0.5) is 0 Å². The van der Waals surface area contributed by atoms with Crippen LogP contribution >= 0.6 is 0 Å². The molecule has 0 radical (unpaired) electrons. The third kappa shape index (κ3) is 2.13. The normalized spacial score (nSPS) is 11.8. The first-order valence-corrected chi connectivity index (χ1v) is 9.46. The fourth-order valence-corrected chi connectivity index (χ4v) is 4.26. The standard InChI is InChI=1S/C25H21N/c1-3-16-13-21-23(4-2)26-24-15-18-10-6-5-9-17(18)14-22(24)25(21)20-12-8-7-11-19(16)20/h5-15H,3-4H2,1-2H3. The van der Waals surface area contributed by atoms with E-state index in [0.717, 1.165) is 18.4 Å². The highest BCUT2D eigenvalue weighted by Crippen LogP contribution is 2.37. The number of nitrogens with zero attached hydrogens (tertiary/aromatic N) is 1. The van der Waals surface area contributed by atoms with Gasteiger partial charge in [0.2, 0.25) is 0 Å². The molecule has 0 bridgehead atoms. The number of fused-ring (bicyclic) bond motifs is 6. The van der Waals surface area contributed by atoms with Crippen molar-refractivity contribution in [3.05, 3.63) is 78.0 Å². The van der Waals surface area contributed by atoms with Gasteiger partial charge in [0.15, 0.2) is 0 Å². The molecule has 0 fully saturated rings. The Morgan fingerprint density at radius 3 is 2.08 bits per heavy atom. The van der Waals surface area contributed by atoms with Crippen LogP contribution in [0.5, 0.6) is 0 Å². The summed E-state index contributed by atoms with van der Waals surface area (Å²) in [5, 5.41) is 9.16. The highest BCUT2D eigenvalue weighted by Gasteiger charge is 2.13. The Kier molecular flexibility index (Phi) is 3.43. The summed E-state index contributed by atoms with van der Waals surface area (Å²) >= 11 is 0. The van der Waals surface area contributed by atoms with E-state index in [9.17, 15) is 0 Å². The molecule has 0 aliphatic rings. The van der Waals surface area contributed by atoms with Crippen molar-refractivity contribution >= 4 is 43.2 Å². The van der Waals surface area contributed by atoms with Crippen LogP contribution in [0.2, 0.25) is 0 Å². The number of aromatic nitrogens is 1. The van der Waals surface area contributed by atoms with Gasteiger partial charge in [-0.3, -0.25) is 4.98 Å². The lowest BCUT2D eigenvalue weighted by molar-refractivity contribution is 1.08. The Morgan fingerprint density at radius 2 is 1.35 bits per heavy atom. The Balaban J connectivity index is 2.09. The molecule has 26 heavy (non-hydrogen) atoms. The molecule has 1 nitrogen and oxygen atoms in total. The number of benzene rings is 4. The van der Waals surface area contributed by atoms with Crippen LogP contribution in [0, 0.1) is 0 Å². The number of aryl methyl sites for hydroxylation is 2. The lowest BCUT2D eigenvalue weighted by atomic mass is 9.92. The van der Waals surface area contributed by atoms with Gasteiger partial charge < -0.3 is 0 Å². The maximum Gasteiger partial charge on any atom is 0.0718 e. The van der Waals surface area contributed by atoms with Crippen molar-refractivity contribution < 1.29 is 0 Å². The summed E-state index contributed by atoms with van der Waals surface area (Å²) < 4.78 is 0. The summed E-state index contributed by atoms with van der Waals surface area (Å²) in [5.74, 6) is 0. The van der Waals surface area contributed by atoms with Crippen LogP contribution in [-0.4, -0.2) is 4.98 Å². The van der Waals surface area contributed by atoms with Gasteiger partial charge in [0, 0.05) is 21.9 Å². The number of hydrogen-bond donors (Lipinski definition) is 0. The molecule has 5 rings (SSSR count). The number of hydrogen-bond acceptors (Lipinski definition) is 1. The van der Waals surface area contributed by atoms with E-state index in [-0.39, 0.29) is 0 Å². The zero-order chi connectivity index (χ0) is 17.7. The summed E-state index contributed by atoms with van der Waals surface area (Å²) in [7, 11) is 0. The summed E-state index contributed by atoms with van der Waals surface area (Å²) in [6, 6.07) is 24.3. The zero-order valence-corrected chi connectivity index (χ0v) is 15.2. The van der Waals surface area contributed by atoms with E-state index in [0.29, 0.717) is 0 Å². The molecule has 126 valence electrons. The predicted octanol–water partition coefficient (Wildman–Crippen LogP) is 6.82. The molecule has 1 heterocycles. The van der Waals surface area contributed by atoms with Gasteiger partial charge in [-0.15, -0.1) is 0 Å². The molecule has 0 amide bonds. The summed E-state index contributed by atoms with van der Waals surface area (Å²) in [6.07, 6.45) is 1.98. The Labute approximate surface area is 153 Å². The first kappa shape index (κ1) is 15.3. The van der Waals surface area contributed by atoms with Crippen molar-refractivity contribution in [3.8, 4) is 0 Å². The lowest BCUT2D eigenvalue weighted by Gasteiger charge is -2.15. The van der Waals surface area contributed by atoms with Gasteiger partial charge in [-0.1, -0.05) is 62.4 Å². The van der Waals surface area contributed by atoms with Crippen LogP contribution in [0.1, 0.15) is 25.1 Å². The first-order valence-electron chi connectivity index (χ1n) is 9.46. The molecule has 0 saturated heterocycles. The first-order chi connectivity index (χ1) is 12.8. The molecule has 0 spiro atoms. The quantitative estimate of drug-likeness (QED) is 0.255. The molecule has 0 N–H and O–H groups in total. The SMILES string of the molecule is CCc1cc2c(CC)nc3cc4ccccc4cc3c2c2ccccc12. The molecule has 0 aliphatic heterocycles. The van der Waals surface area contributed by atoms with Gasteiger partial charge in [-0.2, -0.15) is 0 Å². The second-order valence-electron chi connectivity index (χ2n) is 6.99. The van der Waals surface area contributed by atoms with E-state index in [1.54, 1.807) is 0 Å². The molecular weight excluding hydrogens is 314 g/mol. The van der Waals surface area contributed by atoms with E-state index < -0.39 is 0 Å². The third-order valence-corrected chi connectivity index (χ3v) is 5.55. The highest BCUT2D eigenvalue weighted by atomic mass is 14.7. The number of pyridine rings is 1. The fraction of sp³-hybridized carbons (Fsp3) is 0.160. The van der Waals surface area contributed by atoms with Crippen molar-refractivity contribution in [1.29, 1.82) is 0 Å². The Morgan fingerprint density at radius 1 is 0.654 bits per heavy atom. The molecule has 0 atom stereocenters. The second kappa shape index (κ2) is 5.81. The van der Waals surface area contributed by atoms with Gasteiger partial charge >= 0.3 is 0 Å². The fourth-order valence-electron chi connectivity index (χ4n) is 4.26. The maximum atomic E-state index is 5.05. The van der Waals surface area contributed by atoms with E-state index in [1.165, 1.54) is 49.0 Å². The van der Waals surface area contributed by atoms with Crippen LogP contribution in [-0.2, 0) is 12.8 Å². The summed E-state index contributed by atoms with van der Waals surface area (Å²) in [5.41, 5.74) is 3.70. The average Bonchev–Trinajstić information content (AvgIpc) is 2.70. The van der Waals surface area contributed by atoms with Crippen LogP contribution < -0.4 is 0 Å². The van der Waals surface area contributed by atoms with E-state index >= 15 is 0 Å². The highest BCUT2D eigenvalue weighted by molar-refractivity contribution is 6.22. The summed E-state index contributed by atoms with van der Waals surface area (Å²) in [4.78, 5) is 5.05. The van der Waals surface area contributed by atoms with E-state index in [4.69, 9.17) is 4.98 Å². The topological polar surface area (TPSA) is 12.9 Å². The van der Waals surface area contributed by atoms with Gasteiger partial charge in [0.1, 0.15) is 0 Å². The molecule has 4 aromatic carbocycles. The molecule has 1 aromatic heterocycles. The van der Waals surface area contributed by atoms with Gasteiger partial charge in [0.05, 0.1) is 5.52 Å². The minimum absolute atomic E-state index is 0.945. The average molecular weight is 335 g/mol. The molecular formula is C25H21N. The lowest BCUT2D eigenvalue weighted by Crippen LogP contribution is -1.95. The molecule has 5 aromatic rings. The largest absolute Gasteiger partial charge is 0.252 e. The number of rotatable bonds is 2. The minimum Gasteiger partial charge on any atom is -0.252 e. The van der Waals surface area contributed by atoms with Gasteiger partial charge in [0.25, 0.3) is 0 Å². The van der Waals surface area contributed by atoms with Crippen LogP contribution in [0.15, 0.2) is 66.7 Å². The molecule has 1 heteroatoms. The predicted molar refractivity (Wildman–Crippen MR) is 113 cm³/mol. The third-order valence-electron chi connectivity index (χ3n) is 5.55. The van der Waals surface area contributed by atoms with E-state index in [2.05, 4.69) is 80.6 Å². The molecule has 0 aliphatic carbocycles. The Bertz CT molecular complexity index is 1300. The second-order valence-corrected chi connectivity index (χ2v) is 6.99.